The van der Waals surface area contributed by atoms with Gasteiger partial charge in [-0.15, -0.1) is 0 Å². The van der Waals surface area contributed by atoms with E-state index < -0.39 is 5.54 Å². The molecule has 2 aliphatic rings. The van der Waals surface area contributed by atoms with E-state index >= 15 is 0 Å². The van der Waals surface area contributed by atoms with Crippen molar-refractivity contribution in [3.8, 4) is 0 Å². The van der Waals surface area contributed by atoms with Gasteiger partial charge in [0.1, 0.15) is 12.4 Å². The van der Waals surface area contributed by atoms with E-state index in [0.717, 1.165) is 48.5 Å². The monoisotopic (exact) mass is 376 g/mol. The van der Waals surface area contributed by atoms with Crippen LogP contribution in [-0.2, 0) is 28.7 Å². The van der Waals surface area contributed by atoms with E-state index in [1.54, 1.807) is 0 Å². The number of likely N-dealkylation sites (tertiary alicyclic amines) is 1. The molecule has 0 saturated carbocycles. The maximum Gasteiger partial charge on any atom is 0.246 e. The minimum Gasteiger partial charge on any atom is -0.364 e. The lowest BCUT2D eigenvalue weighted by Gasteiger charge is -2.50. The second-order valence-electron chi connectivity index (χ2n) is 7.75. The Hall–Kier alpha value is -2.70. The summed E-state index contributed by atoms with van der Waals surface area (Å²) < 4.78 is 8.19. The summed E-state index contributed by atoms with van der Waals surface area (Å²) in [5.74, 6) is 1.01. The normalized spacial score (nSPS) is 25.5. The summed E-state index contributed by atoms with van der Waals surface area (Å²) in [6.07, 6.45) is 0.744. The van der Waals surface area contributed by atoms with Gasteiger partial charge >= 0.3 is 0 Å². The molecule has 1 aromatic heterocycles. The van der Waals surface area contributed by atoms with Crippen molar-refractivity contribution in [1.82, 2.24) is 19.8 Å². The minimum absolute atomic E-state index is 0.0381. The largest absolute Gasteiger partial charge is 0.364 e. The zero-order valence-corrected chi connectivity index (χ0v) is 16.0. The minimum atomic E-state index is -0.445. The standard InChI is InChI=1S/C22H24N4O2/c1-25-18-10-6-5-9-17(18)23-20(25)14-26-12-11-22(16-7-3-2-4-8-16)19(13-26)28-15-21(27)24-22/h2-10,19H,11-15H2,1H3,(H,24,27)/t19-,22+/m1/s1. The topological polar surface area (TPSA) is 59.4 Å². The molecule has 3 aromatic rings. The number of carbonyl (C=O) groups is 1. The van der Waals surface area contributed by atoms with Crippen molar-refractivity contribution >= 4 is 16.9 Å². The van der Waals surface area contributed by atoms with Crippen LogP contribution >= 0.6 is 0 Å². The molecule has 0 spiro atoms. The summed E-state index contributed by atoms with van der Waals surface area (Å²) in [4.78, 5) is 19.3. The molecule has 0 bridgehead atoms. The molecular formula is C22H24N4O2. The van der Waals surface area contributed by atoms with Crippen molar-refractivity contribution in [3.63, 3.8) is 0 Å². The number of ether oxygens (including phenoxy) is 1. The average Bonchev–Trinajstić information content (AvgIpc) is 3.04. The number of amides is 1. The van der Waals surface area contributed by atoms with Crippen molar-refractivity contribution < 1.29 is 9.53 Å². The van der Waals surface area contributed by atoms with Gasteiger partial charge in [0.15, 0.2) is 0 Å². The second-order valence-corrected chi connectivity index (χ2v) is 7.75. The summed E-state index contributed by atoms with van der Waals surface area (Å²) >= 11 is 0. The summed E-state index contributed by atoms with van der Waals surface area (Å²) in [5.41, 5.74) is 2.85. The Morgan fingerprint density at radius 1 is 1.18 bits per heavy atom. The highest BCUT2D eigenvalue weighted by Gasteiger charge is 2.49. The lowest BCUT2D eigenvalue weighted by Crippen LogP contribution is -2.66. The Morgan fingerprint density at radius 2 is 1.96 bits per heavy atom. The summed E-state index contributed by atoms with van der Waals surface area (Å²) in [6, 6.07) is 18.4. The Bertz CT molecular complexity index is 1020. The molecule has 1 N–H and O–H groups in total. The number of aryl methyl sites for hydroxylation is 1. The first-order chi connectivity index (χ1) is 13.7. The van der Waals surface area contributed by atoms with Gasteiger partial charge in [-0.2, -0.15) is 0 Å². The van der Waals surface area contributed by atoms with E-state index in [1.165, 1.54) is 0 Å². The van der Waals surface area contributed by atoms with Crippen LogP contribution in [0.5, 0.6) is 0 Å². The van der Waals surface area contributed by atoms with E-state index in [-0.39, 0.29) is 18.6 Å². The van der Waals surface area contributed by atoms with Crippen LogP contribution in [-0.4, -0.2) is 46.2 Å². The molecule has 1 amide bonds. The molecule has 6 heteroatoms. The first-order valence-corrected chi connectivity index (χ1v) is 9.76. The van der Waals surface area contributed by atoms with Crippen LogP contribution in [0.25, 0.3) is 11.0 Å². The van der Waals surface area contributed by atoms with Gasteiger partial charge in [-0.05, 0) is 24.1 Å². The molecule has 0 radical (unpaired) electrons. The van der Waals surface area contributed by atoms with Crippen LogP contribution in [0, 0.1) is 0 Å². The molecule has 3 heterocycles. The number of nitrogens with one attached hydrogen (secondary N) is 1. The first-order valence-electron chi connectivity index (χ1n) is 9.76. The third kappa shape index (κ3) is 2.80. The predicted octanol–water partition coefficient (Wildman–Crippen LogP) is 2.19. The molecule has 28 heavy (non-hydrogen) atoms. The lowest BCUT2D eigenvalue weighted by molar-refractivity contribution is -0.152. The predicted molar refractivity (Wildman–Crippen MR) is 107 cm³/mol. The number of fused-ring (bicyclic) bond motifs is 2. The molecule has 2 aliphatic heterocycles. The highest BCUT2D eigenvalue weighted by atomic mass is 16.5. The van der Waals surface area contributed by atoms with Crippen LogP contribution in [0.2, 0.25) is 0 Å². The highest BCUT2D eigenvalue weighted by molar-refractivity contribution is 5.79. The molecule has 0 aliphatic carbocycles. The first kappa shape index (κ1) is 17.4. The van der Waals surface area contributed by atoms with Crippen molar-refractivity contribution in [2.45, 2.75) is 24.6 Å². The van der Waals surface area contributed by atoms with Gasteiger partial charge in [0.2, 0.25) is 5.91 Å². The Balaban J connectivity index is 1.41. The zero-order chi connectivity index (χ0) is 19.1. The molecule has 2 atom stereocenters. The summed E-state index contributed by atoms with van der Waals surface area (Å²) in [6.45, 7) is 2.53. The van der Waals surface area contributed by atoms with Crippen molar-refractivity contribution in [1.29, 1.82) is 0 Å². The van der Waals surface area contributed by atoms with Crippen LogP contribution in [0.3, 0.4) is 0 Å². The number of para-hydroxylation sites is 2. The van der Waals surface area contributed by atoms with Crippen molar-refractivity contribution in [3.05, 3.63) is 66.0 Å². The number of morpholine rings is 1. The van der Waals surface area contributed by atoms with Gasteiger partial charge in [0.25, 0.3) is 0 Å². The number of piperidine rings is 1. The van der Waals surface area contributed by atoms with E-state index in [1.807, 2.05) is 30.3 Å². The molecular weight excluding hydrogens is 352 g/mol. The average molecular weight is 376 g/mol. The van der Waals surface area contributed by atoms with E-state index in [9.17, 15) is 4.79 Å². The molecule has 2 fully saturated rings. The Labute approximate surface area is 164 Å². The van der Waals surface area contributed by atoms with Crippen LogP contribution in [0.15, 0.2) is 54.6 Å². The van der Waals surface area contributed by atoms with Crippen molar-refractivity contribution in [2.24, 2.45) is 7.05 Å². The van der Waals surface area contributed by atoms with Gasteiger partial charge in [0, 0.05) is 20.1 Å². The smallest absolute Gasteiger partial charge is 0.246 e. The van der Waals surface area contributed by atoms with Gasteiger partial charge in [-0.25, -0.2) is 4.98 Å². The highest BCUT2D eigenvalue weighted by Crippen LogP contribution is 2.37. The number of hydrogen-bond donors (Lipinski definition) is 1. The summed E-state index contributed by atoms with van der Waals surface area (Å²) in [7, 11) is 2.07. The second kappa shape index (κ2) is 6.72. The van der Waals surface area contributed by atoms with E-state index in [0.29, 0.717) is 0 Å². The van der Waals surface area contributed by atoms with E-state index in [4.69, 9.17) is 9.72 Å². The zero-order valence-electron chi connectivity index (χ0n) is 16.0. The number of carbonyl (C=O) groups excluding carboxylic acids is 1. The Kier molecular flexibility index (Phi) is 4.18. The molecule has 5 rings (SSSR count). The number of benzene rings is 2. The number of aromatic nitrogens is 2. The van der Waals surface area contributed by atoms with E-state index in [2.05, 4.69) is 46.1 Å². The number of hydrogen-bond acceptors (Lipinski definition) is 4. The quantitative estimate of drug-likeness (QED) is 0.761. The Morgan fingerprint density at radius 3 is 2.79 bits per heavy atom. The molecule has 0 unspecified atom stereocenters. The third-order valence-corrected chi connectivity index (χ3v) is 6.11. The van der Waals surface area contributed by atoms with Gasteiger partial charge in [0.05, 0.1) is 29.2 Å². The third-order valence-electron chi connectivity index (χ3n) is 6.11. The van der Waals surface area contributed by atoms with Crippen LogP contribution in [0.1, 0.15) is 17.8 Å². The fraction of sp³-hybridized carbons (Fsp3) is 0.364. The molecule has 2 aromatic carbocycles. The van der Waals surface area contributed by atoms with Crippen LogP contribution in [0.4, 0.5) is 0 Å². The van der Waals surface area contributed by atoms with Gasteiger partial charge < -0.3 is 14.6 Å². The molecule has 6 nitrogen and oxygen atoms in total. The van der Waals surface area contributed by atoms with Crippen molar-refractivity contribution in [2.75, 3.05) is 19.7 Å². The maximum absolute atomic E-state index is 12.2. The molecule has 2 saturated heterocycles. The number of nitrogens with zero attached hydrogens (tertiary/aromatic N) is 3. The summed E-state index contributed by atoms with van der Waals surface area (Å²) in [5, 5.41) is 3.25. The fourth-order valence-corrected chi connectivity index (χ4v) is 4.59. The van der Waals surface area contributed by atoms with Gasteiger partial charge in [-0.3, -0.25) is 9.69 Å². The lowest BCUT2D eigenvalue weighted by atomic mass is 9.77. The molecule has 144 valence electrons. The SMILES string of the molecule is Cn1c(CN2CC[C@@]3(c4ccccc4)NC(=O)CO[C@@H]3C2)nc2ccccc21. The van der Waals surface area contributed by atoms with Gasteiger partial charge in [-0.1, -0.05) is 42.5 Å². The fourth-order valence-electron chi connectivity index (χ4n) is 4.59. The van der Waals surface area contributed by atoms with Crippen LogP contribution < -0.4 is 5.32 Å². The number of rotatable bonds is 3. The number of imidazole rings is 1. The maximum atomic E-state index is 12.2.